The third-order valence-electron chi connectivity index (χ3n) is 6.40. The fourth-order valence-corrected chi connectivity index (χ4v) is 4.33. The molecule has 0 saturated carbocycles. The molecule has 0 aromatic heterocycles. The van der Waals surface area contributed by atoms with Crippen molar-refractivity contribution >= 4 is 17.7 Å². The van der Waals surface area contributed by atoms with Gasteiger partial charge in [0, 0.05) is 20.5 Å². The van der Waals surface area contributed by atoms with Gasteiger partial charge in [-0.05, 0) is 45.4 Å². The van der Waals surface area contributed by atoms with Crippen LogP contribution in [0.4, 0.5) is 0 Å². The molecule has 0 radical (unpaired) electrons. The van der Waals surface area contributed by atoms with E-state index in [9.17, 15) is 14.4 Å². The molecule has 34 heavy (non-hydrogen) atoms. The molecule has 200 valence electrons. The van der Waals surface area contributed by atoms with E-state index in [0.29, 0.717) is 12.8 Å². The summed E-state index contributed by atoms with van der Waals surface area (Å²) in [5.41, 5.74) is 0. The number of carbonyl (C=O) groups is 3. The van der Waals surface area contributed by atoms with Gasteiger partial charge in [0.05, 0.1) is 19.6 Å². The molecule has 2 atom stereocenters. The third kappa shape index (κ3) is 22.4. The zero-order valence-electron chi connectivity index (χ0n) is 22.5. The monoisotopic (exact) mass is 484 g/mol. The van der Waals surface area contributed by atoms with E-state index in [0.717, 1.165) is 51.4 Å². The van der Waals surface area contributed by atoms with Crippen LogP contribution in [0.2, 0.25) is 0 Å². The predicted octanol–water partition coefficient (Wildman–Crippen LogP) is 7.11. The van der Waals surface area contributed by atoms with Crippen LogP contribution >= 0.6 is 0 Å². The van der Waals surface area contributed by atoms with Crippen LogP contribution in [0.1, 0.15) is 136 Å². The Balaban J connectivity index is 3.59. The smallest absolute Gasteiger partial charge is 0.308 e. The Morgan fingerprint density at radius 2 is 1.00 bits per heavy atom. The number of hydrogen-bond donors (Lipinski definition) is 0. The molecule has 0 rings (SSSR count). The van der Waals surface area contributed by atoms with E-state index in [4.69, 9.17) is 14.2 Å². The number of unbranched alkanes of at least 4 members (excludes halogenated alkanes) is 12. The van der Waals surface area contributed by atoms with E-state index < -0.39 is 0 Å². The summed E-state index contributed by atoms with van der Waals surface area (Å²) >= 11 is 0. The lowest BCUT2D eigenvalue weighted by molar-refractivity contribution is -0.147. The fourth-order valence-electron chi connectivity index (χ4n) is 4.33. The van der Waals surface area contributed by atoms with E-state index in [1.165, 1.54) is 71.8 Å². The highest BCUT2D eigenvalue weighted by atomic mass is 16.5. The maximum absolute atomic E-state index is 11.4. The largest absolute Gasteiger partial charge is 0.469 e. The fraction of sp³-hybridized carbons (Fsp3) is 0.893. The van der Waals surface area contributed by atoms with E-state index in [1.54, 1.807) is 14.0 Å². The molecule has 0 spiro atoms. The van der Waals surface area contributed by atoms with Gasteiger partial charge in [-0.3, -0.25) is 9.59 Å². The number of Topliss-reactive ketones (excluding diaryl/α,β-unsaturated/α-hetero) is 1. The van der Waals surface area contributed by atoms with Crippen LogP contribution in [0.3, 0.4) is 0 Å². The van der Waals surface area contributed by atoms with Gasteiger partial charge in [0.2, 0.25) is 0 Å². The number of ketones is 1. The van der Waals surface area contributed by atoms with Crippen LogP contribution in [0.5, 0.6) is 0 Å². The summed E-state index contributed by atoms with van der Waals surface area (Å²) in [6.45, 7) is 3.13. The van der Waals surface area contributed by atoms with Crippen LogP contribution in [-0.2, 0) is 28.6 Å². The second kappa shape index (κ2) is 23.3. The highest BCUT2D eigenvalue weighted by Crippen LogP contribution is 2.18. The Morgan fingerprint density at radius 1 is 0.588 bits per heavy atom. The summed E-state index contributed by atoms with van der Waals surface area (Å²) in [7, 11) is 3.08. The first-order valence-electron chi connectivity index (χ1n) is 13.6. The first-order chi connectivity index (χ1) is 16.4. The van der Waals surface area contributed by atoms with E-state index in [-0.39, 0.29) is 29.9 Å². The van der Waals surface area contributed by atoms with Crippen molar-refractivity contribution in [3.8, 4) is 0 Å². The number of esters is 2. The van der Waals surface area contributed by atoms with Gasteiger partial charge in [-0.25, -0.2) is 0 Å². The summed E-state index contributed by atoms with van der Waals surface area (Å²) in [6.07, 6.45) is 20.4. The molecule has 0 heterocycles. The van der Waals surface area contributed by atoms with E-state index in [2.05, 4.69) is 0 Å². The summed E-state index contributed by atoms with van der Waals surface area (Å²) in [4.78, 5) is 33.7. The minimum atomic E-state index is -0.200. The molecule has 2 unspecified atom stereocenters. The minimum Gasteiger partial charge on any atom is -0.469 e. The zero-order valence-corrected chi connectivity index (χ0v) is 22.5. The number of ether oxygens (including phenoxy) is 3. The van der Waals surface area contributed by atoms with Crippen molar-refractivity contribution in [1.82, 2.24) is 0 Å². The van der Waals surface area contributed by atoms with Gasteiger partial charge in [-0.2, -0.15) is 0 Å². The molecule has 6 heteroatoms. The predicted molar refractivity (Wildman–Crippen MR) is 137 cm³/mol. The molecule has 0 aliphatic carbocycles. The molecular weight excluding hydrogens is 432 g/mol. The molecule has 0 aromatic rings. The second-order valence-corrected chi connectivity index (χ2v) is 9.64. The number of methoxy groups -OCH3 is 2. The second-order valence-electron chi connectivity index (χ2n) is 9.64. The molecule has 0 N–H and O–H groups in total. The molecule has 0 aliphatic rings. The molecule has 0 fully saturated rings. The lowest BCUT2D eigenvalue weighted by Crippen LogP contribution is -2.17. The van der Waals surface area contributed by atoms with Crippen molar-refractivity contribution in [2.24, 2.45) is 0 Å². The van der Waals surface area contributed by atoms with Gasteiger partial charge in [0.1, 0.15) is 11.9 Å². The van der Waals surface area contributed by atoms with Crippen molar-refractivity contribution in [2.75, 3.05) is 14.2 Å². The van der Waals surface area contributed by atoms with Crippen LogP contribution in [0.15, 0.2) is 0 Å². The van der Waals surface area contributed by atoms with Gasteiger partial charge >= 0.3 is 11.9 Å². The van der Waals surface area contributed by atoms with Crippen LogP contribution in [-0.4, -0.2) is 44.1 Å². The normalized spacial score (nSPS) is 12.8. The summed E-state index contributed by atoms with van der Waals surface area (Å²) < 4.78 is 15.5. The lowest BCUT2D eigenvalue weighted by atomic mass is 10.0. The minimum absolute atomic E-state index is 0.0190. The Labute approximate surface area is 208 Å². The Bertz CT molecular complexity index is 519. The topological polar surface area (TPSA) is 78.9 Å². The standard InChI is InChI=1S/C28H52O6/c1-24(29)19-15-14-18-21-26(34-25(2)30)20-16-12-10-8-6-5-7-9-11-13-17-22-27(32-3)23-28(31)33-4/h26-27H,5-23H2,1-4H3. The SMILES string of the molecule is COC(=O)CC(CCCCCCCCCCCCCC(CCCCCC(C)=O)OC(C)=O)OC. The third-order valence-corrected chi connectivity index (χ3v) is 6.40. The summed E-state index contributed by atoms with van der Waals surface area (Å²) in [6, 6.07) is 0. The Hall–Kier alpha value is -1.43. The van der Waals surface area contributed by atoms with Crippen molar-refractivity contribution in [2.45, 2.75) is 148 Å². The Kier molecular flexibility index (Phi) is 22.3. The molecule has 0 bridgehead atoms. The summed E-state index contributed by atoms with van der Waals surface area (Å²) in [5.74, 6) is -0.136. The highest BCUT2D eigenvalue weighted by molar-refractivity contribution is 5.75. The van der Waals surface area contributed by atoms with Crippen LogP contribution < -0.4 is 0 Å². The van der Waals surface area contributed by atoms with Crippen molar-refractivity contribution in [3.63, 3.8) is 0 Å². The average Bonchev–Trinajstić information content (AvgIpc) is 2.79. The highest BCUT2D eigenvalue weighted by Gasteiger charge is 2.13. The Morgan fingerprint density at radius 3 is 1.38 bits per heavy atom. The number of carbonyl (C=O) groups excluding carboxylic acids is 3. The number of hydrogen-bond acceptors (Lipinski definition) is 6. The summed E-state index contributed by atoms with van der Waals surface area (Å²) in [5, 5.41) is 0. The van der Waals surface area contributed by atoms with Crippen molar-refractivity contribution in [3.05, 3.63) is 0 Å². The molecular formula is C28H52O6. The van der Waals surface area contributed by atoms with E-state index in [1.807, 2.05) is 0 Å². The maximum Gasteiger partial charge on any atom is 0.308 e. The van der Waals surface area contributed by atoms with Gasteiger partial charge in [0.25, 0.3) is 0 Å². The average molecular weight is 485 g/mol. The first kappa shape index (κ1) is 32.6. The van der Waals surface area contributed by atoms with E-state index >= 15 is 0 Å². The molecule has 6 nitrogen and oxygen atoms in total. The molecule has 0 aromatic carbocycles. The zero-order chi connectivity index (χ0) is 25.4. The van der Waals surface area contributed by atoms with Crippen LogP contribution in [0.25, 0.3) is 0 Å². The van der Waals surface area contributed by atoms with Crippen molar-refractivity contribution in [1.29, 1.82) is 0 Å². The molecule has 0 saturated heterocycles. The van der Waals surface area contributed by atoms with Gasteiger partial charge in [-0.15, -0.1) is 0 Å². The molecule has 0 amide bonds. The van der Waals surface area contributed by atoms with Crippen LogP contribution in [0, 0.1) is 0 Å². The van der Waals surface area contributed by atoms with Gasteiger partial charge in [-0.1, -0.05) is 70.6 Å². The quantitative estimate of drug-likeness (QED) is 0.107. The van der Waals surface area contributed by atoms with Crippen molar-refractivity contribution < 1.29 is 28.6 Å². The number of rotatable bonds is 24. The first-order valence-corrected chi connectivity index (χ1v) is 13.6. The lowest BCUT2D eigenvalue weighted by Gasteiger charge is -2.17. The molecule has 0 aliphatic heterocycles. The maximum atomic E-state index is 11.4. The van der Waals surface area contributed by atoms with Gasteiger partial charge in [0.15, 0.2) is 0 Å². The van der Waals surface area contributed by atoms with Gasteiger partial charge < -0.3 is 19.0 Å².